The van der Waals surface area contributed by atoms with Crippen LogP contribution in [0.3, 0.4) is 0 Å². The summed E-state index contributed by atoms with van der Waals surface area (Å²) in [6, 6.07) is 7.62. The van der Waals surface area contributed by atoms with Crippen molar-refractivity contribution >= 4 is 5.78 Å². The highest BCUT2D eigenvalue weighted by Gasteiger charge is 2.23. The van der Waals surface area contributed by atoms with Gasteiger partial charge in [-0.2, -0.15) is 0 Å². The maximum absolute atomic E-state index is 12.2. The van der Waals surface area contributed by atoms with Crippen LogP contribution in [0.2, 0.25) is 0 Å². The molecule has 110 valence electrons. The van der Waals surface area contributed by atoms with E-state index in [2.05, 4.69) is 27.7 Å². The lowest BCUT2D eigenvalue weighted by Gasteiger charge is -2.22. The summed E-state index contributed by atoms with van der Waals surface area (Å²) in [5.41, 5.74) is 1.08. The van der Waals surface area contributed by atoms with Gasteiger partial charge in [0.1, 0.15) is 5.75 Å². The standard InChI is InChI=1S/C18H26O2/c1-13(12-18(2,3)4)11-17(19)14-5-7-15(8-6-14)20-16-9-10-16/h5-8,13,16H,9-12H2,1-4H3. The van der Waals surface area contributed by atoms with Crippen molar-refractivity contribution in [2.45, 2.75) is 59.5 Å². The fraction of sp³-hybridized carbons (Fsp3) is 0.611. The molecule has 1 aromatic rings. The molecule has 0 saturated heterocycles. The van der Waals surface area contributed by atoms with Gasteiger partial charge in [0.25, 0.3) is 0 Å². The Morgan fingerprint density at radius 3 is 2.35 bits per heavy atom. The average molecular weight is 274 g/mol. The van der Waals surface area contributed by atoms with E-state index in [0.29, 0.717) is 18.4 Å². The van der Waals surface area contributed by atoms with Gasteiger partial charge >= 0.3 is 0 Å². The van der Waals surface area contributed by atoms with Gasteiger partial charge < -0.3 is 4.74 Å². The highest BCUT2D eigenvalue weighted by Crippen LogP contribution is 2.28. The number of rotatable bonds is 6. The van der Waals surface area contributed by atoms with E-state index in [1.807, 2.05) is 24.3 Å². The van der Waals surface area contributed by atoms with Gasteiger partial charge in [0, 0.05) is 12.0 Å². The third kappa shape index (κ3) is 4.99. The molecule has 0 N–H and O–H groups in total. The van der Waals surface area contributed by atoms with E-state index in [4.69, 9.17) is 4.74 Å². The number of Topliss-reactive ketones (excluding diaryl/α,β-unsaturated/α-hetero) is 1. The van der Waals surface area contributed by atoms with Crippen LogP contribution in [0.4, 0.5) is 0 Å². The Bertz CT molecular complexity index is 449. The van der Waals surface area contributed by atoms with Gasteiger partial charge in [0.2, 0.25) is 0 Å². The molecule has 0 aromatic heterocycles. The van der Waals surface area contributed by atoms with Crippen molar-refractivity contribution in [3.63, 3.8) is 0 Å². The summed E-state index contributed by atoms with van der Waals surface area (Å²) >= 11 is 0. The highest BCUT2D eigenvalue weighted by molar-refractivity contribution is 5.96. The van der Waals surface area contributed by atoms with Crippen molar-refractivity contribution in [2.24, 2.45) is 11.3 Å². The molecule has 0 heterocycles. The van der Waals surface area contributed by atoms with E-state index in [9.17, 15) is 4.79 Å². The van der Waals surface area contributed by atoms with Gasteiger partial charge in [-0.15, -0.1) is 0 Å². The summed E-state index contributed by atoms with van der Waals surface area (Å²) < 4.78 is 5.70. The van der Waals surface area contributed by atoms with Crippen LogP contribution in [0.5, 0.6) is 5.75 Å². The Kier molecular flexibility index (Phi) is 4.52. The topological polar surface area (TPSA) is 26.3 Å². The Hall–Kier alpha value is -1.31. The number of carbonyl (C=O) groups is 1. The number of benzene rings is 1. The molecular weight excluding hydrogens is 248 g/mol. The molecule has 0 spiro atoms. The summed E-state index contributed by atoms with van der Waals surface area (Å²) in [7, 11) is 0. The normalized spacial score (nSPS) is 16.8. The van der Waals surface area contributed by atoms with Gasteiger partial charge in [-0.3, -0.25) is 4.79 Å². The molecule has 0 aliphatic heterocycles. The number of ether oxygens (including phenoxy) is 1. The first-order valence-electron chi connectivity index (χ1n) is 7.63. The van der Waals surface area contributed by atoms with Crippen LogP contribution < -0.4 is 4.74 Å². The van der Waals surface area contributed by atoms with Crippen molar-refractivity contribution in [2.75, 3.05) is 0 Å². The molecule has 1 unspecified atom stereocenters. The van der Waals surface area contributed by atoms with Crippen molar-refractivity contribution in [1.29, 1.82) is 0 Å². The zero-order chi connectivity index (χ0) is 14.8. The Labute approximate surface area is 122 Å². The van der Waals surface area contributed by atoms with Gasteiger partial charge in [0.15, 0.2) is 5.78 Å². The molecule has 0 amide bonds. The second kappa shape index (κ2) is 5.99. The van der Waals surface area contributed by atoms with Gasteiger partial charge in [-0.05, 0) is 54.9 Å². The van der Waals surface area contributed by atoms with Crippen molar-refractivity contribution in [1.82, 2.24) is 0 Å². The minimum Gasteiger partial charge on any atom is -0.490 e. The summed E-state index contributed by atoms with van der Waals surface area (Å²) in [5, 5.41) is 0. The molecule has 1 aliphatic rings. The van der Waals surface area contributed by atoms with Gasteiger partial charge in [-0.1, -0.05) is 27.7 Å². The van der Waals surface area contributed by atoms with Crippen molar-refractivity contribution in [3.05, 3.63) is 29.8 Å². The van der Waals surface area contributed by atoms with Crippen LogP contribution >= 0.6 is 0 Å². The Morgan fingerprint density at radius 2 is 1.85 bits per heavy atom. The lowest BCUT2D eigenvalue weighted by atomic mass is 9.83. The van der Waals surface area contributed by atoms with E-state index < -0.39 is 0 Å². The maximum Gasteiger partial charge on any atom is 0.163 e. The number of carbonyl (C=O) groups excluding carboxylic acids is 1. The first-order valence-corrected chi connectivity index (χ1v) is 7.63. The van der Waals surface area contributed by atoms with Crippen LogP contribution in [0.15, 0.2) is 24.3 Å². The third-order valence-electron chi connectivity index (χ3n) is 3.50. The smallest absolute Gasteiger partial charge is 0.163 e. The molecule has 0 bridgehead atoms. The monoisotopic (exact) mass is 274 g/mol. The van der Waals surface area contributed by atoms with E-state index in [1.54, 1.807) is 0 Å². The molecule has 2 nitrogen and oxygen atoms in total. The van der Waals surface area contributed by atoms with Crippen molar-refractivity contribution in [3.8, 4) is 5.75 Å². The predicted molar refractivity (Wildman–Crippen MR) is 82.3 cm³/mol. The minimum absolute atomic E-state index is 0.236. The van der Waals surface area contributed by atoms with Crippen LogP contribution in [-0.2, 0) is 0 Å². The highest BCUT2D eigenvalue weighted by atomic mass is 16.5. The van der Waals surface area contributed by atoms with Crippen LogP contribution in [0.1, 0.15) is 63.7 Å². The van der Waals surface area contributed by atoms with E-state index in [1.165, 1.54) is 0 Å². The quantitative estimate of drug-likeness (QED) is 0.691. The summed E-state index contributed by atoms with van der Waals surface area (Å²) in [6.07, 6.45) is 4.42. The second-order valence-corrected chi connectivity index (χ2v) is 7.34. The van der Waals surface area contributed by atoms with Crippen LogP contribution in [0, 0.1) is 11.3 Å². The third-order valence-corrected chi connectivity index (χ3v) is 3.50. The largest absolute Gasteiger partial charge is 0.490 e. The maximum atomic E-state index is 12.2. The van der Waals surface area contributed by atoms with Crippen LogP contribution in [-0.4, -0.2) is 11.9 Å². The number of hydrogen-bond donors (Lipinski definition) is 0. The lowest BCUT2D eigenvalue weighted by Crippen LogP contribution is -2.14. The zero-order valence-corrected chi connectivity index (χ0v) is 13.1. The van der Waals surface area contributed by atoms with Crippen molar-refractivity contribution < 1.29 is 9.53 Å². The molecular formula is C18H26O2. The van der Waals surface area contributed by atoms with Gasteiger partial charge in [0.05, 0.1) is 6.10 Å². The number of ketones is 1. The molecule has 2 heteroatoms. The summed E-state index contributed by atoms with van der Waals surface area (Å²) in [6.45, 7) is 8.82. The molecule has 0 radical (unpaired) electrons. The molecule has 1 atom stereocenters. The van der Waals surface area contributed by atoms with Crippen LogP contribution in [0.25, 0.3) is 0 Å². The SMILES string of the molecule is CC(CC(=O)c1ccc(OC2CC2)cc1)CC(C)(C)C. The summed E-state index contributed by atoms with van der Waals surface area (Å²) in [4.78, 5) is 12.2. The predicted octanol–water partition coefficient (Wildman–Crippen LogP) is 4.87. The molecule has 1 saturated carbocycles. The molecule has 1 aliphatic carbocycles. The summed E-state index contributed by atoms with van der Waals surface area (Å²) in [5.74, 6) is 1.54. The number of hydrogen-bond acceptors (Lipinski definition) is 2. The van der Waals surface area contributed by atoms with E-state index in [-0.39, 0.29) is 11.2 Å². The molecule has 1 fully saturated rings. The second-order valence-electron chi connectivity index (χ2n) is 7.34. The first-order chi connectivity index (χ1) is 9.33. The van der Waals surface area contributed by atoms with Gasteiger partial charge in [-0.25, -0.2) is 0 Å². The average Bonchev–Trinajstić information content (AvgIpc) is 3.11. The Balaban J connectivity index is 1.88. The van der Waals surface area contributed by atoms with E-state index >= 15 is 0 Å². The lowest BCUT2D eigenvalue weighted by molar-refractivity contribution is 0.0954. The first kappa shape index (κ1) is 15.1. The Morgan fingerprint density at radius 1 is 1.25 bits per heavy atom. The minimum atomic E-state index is 0.236. The molecule has 1 aromatic carbocycles. The zero-order valence-electron chi connectivity index (χ0n) is 13.1. The molecule has 20 heavy (non-hydrogen) atoms. The fourth-order valence-corrected chi connectivity index (χ4v) is 2.65. The molecule has 2 rings (SSSR count). The van der Waals surface area contributed by atoms with E-state index in [0.717, 1.165) is 30.6 Å². The fourth-order valence-electron chi connectivity index (χ4n) is 2.65.